The lowest BCUT2D eigenvalue weighted by molar-refractivity contribution is 0.398. The van der Waals surface area contributed by atoms with Crippen molar-refractivity contribution in [3.63, 3.8) is 0 Å². The SMILES string of the molecule is COc1cc(Nc2ccccc2F)nc(N)n1. The van der Waals surface area contributed by atoms with Gasteiger partial charge in [0.2, 0.25) is 11.8 Å². The standard InChI is InChI=1S/C11H11FN4O/c1-17-10-6-9(15-11(13)16-10)14-8-5-3-2-4-7(8)12/h2-6H,1H3,(H3,13,14,15,16). The Kier molecular flexibility index (Phi) is 3.04. The molecule has 1 heterocycles. The number of nitrogens with two attached hydrogens (primary N) is 1. The summed E-state index contributed by atoms with van der Waals surface area (Å²) >= 11 is 0. The molecule has 1 aromatic heterocycles. The van der Waals surface area contributed by atoms with Crippen LogP contribution < -0.4 is 15.8 Å². The fourth-order valence-electron chi connectivity index (χ4n) is 1.31. The smallest absolute Gasteiger partial charge is 0.225 e. The molecule has 3 N–H and O–H groups in total. The summed E-state index contributed by atoms with van der Waals surface area (Å²) in [6.07, 6.45) is 0. The topological polar surface area (TPSA) is 73.1 Å². The second-order valence-corrected chi connectivity index (χ2v) is 3.26. The van der Waals surface area contributed by atoms with E-state index in [-0.39, 0.29) is 11.8 Å². The fourth-order valence-corrected chi connectivity index (χ4v) is 1.31. The van der Waals surface area contributed by atoms with Gasteiger partial charge in [-0.2, -0.15) is 9.97 Å². The van der Waals surface area contributed by atoms with Crippen LogP contribution in [-0.2, 0) is 0 Å². The van der Waals surface area contributed by atoms with Gasteiger partial charge < -0.3 is 15.8 Å². The van der Waals surface area contributed by atoms with Crippen LogP contribution in [0.4, 0.5) is 21.8 Å². The lowest BCUT2D eigenvalue weighted by atomic mass is 10.3. The number of benzene rings is 1. The summed E-state index contributed by atoms with van der Waals surface area (Å²) in [5.74, 6) is 0.377. The molecule has 1 aromatic carbocycles. The van der Waals surface area contributed by atoms with Crippen LogP contribution in [-0.4, -0.2) is 17.1 Å². The molecule has 0 bridgehead atoms. The van der Waals surface area contributed by atoms with Crippen LogP contribution in [0.1, 0.15) is 0 Å². The van der Waals surface area contributed by atoms with Gasteiger partial charge in [-0.15, -0.1) is 0 Å². The number of rotatable bonds is 3. The zero-order valence-corrected chi connectivity index (χ0v) is 9.14. The van der Waals surface area contributed by atoms with Crippen molar-refractivity contribution in [3.8, 4) is 5.88 Å². The molecule has 0 spiro atoms. The molecule has 6 heteroatoms. The summed E-state index contributed by atoms with van der Waals surface area (Å²) in [5, 5.41) is 2.80. The van der Waals surface area contributed by atoms with Crippen molar-refractivity contribution in [1.82, 2.24) is 9.97 Å². The molecule has 0 atom stereocenters. The number of ether oxygens (including phenoxy) is 1. The van der Waals surface area contributed by atoms with E-state index in [1.165, 1.54) is 19.2 Å². The van der Waals surface area contributed by atoms with Crippen molar-refractivity contribution in [2.24, 2.45) is 0 Å². The summed E-state index contributed by atoms with van der Waals surface area (Å²) in [6.45, 7) is 0. The highest BCUT2D eigenvalue weighted by Gasteiger charge is 2.05. The van der Waals surface area contributed by atoms with Crippen molar-refractivity contribution < 1.29 is 9.13 Å². The molecule has 5 nitrogen and oxygen atoms in total. The van der Waals surface area contributed by atoms with E-state index in [9.17, 15) is 4.39 Å². The Hall–Kier alpha value is -2.37. The molecule has 17 heavy (non-hydrogen) atoms. The zero-order valence-electron chi connectivity index (χ0n) is 9.14. The van der Waals surface area contributed by atoms with Crippen LogP contribution in [0.15, 0.2) is 30.3 Å². The summed E-state index contributed by atoms with van der Waals surface area (Å²) in [5.41, 5.74) is 5.80. The van der Waals surface area contributed by atoms with E-state index in [0.717, 1.165) is 0 Å². The van der Waals surface area contributed by atoms with E-state index in [1.807, 2.05) is 0 Å². The third-order valence-corrected chi connectivity index (χ3v) is 2.07. The number of methoxy groups -OCH3 is 1. The van der Waals surface area contributed by atoms with Crippen LogP contribution in [0.25, 0.3) is 0 Å². The molecule has 0 fully saturated rings. The van der Waals surface area contributed by atoms with Crippen LogP contribution >= 0.6 is 0 Å². The van der Waals surface area contributed by atoms with Crippen LogP contribution in [0, 0.1) is 5.82 Å². The minimum Gasteiger partial charge on any atom is -0.481 e. The zero-order chi connectivity index (χ0) is 12.3. The van der Waals surface area contributed by atoms with Gasteiger partial charge >= 0.3 is 0 Å². The maximum absolute atomic E-state index is 13.4. The van der Waals surface area contributed by atoms with Crippen molar-refractivity contribution in [2.75, 3.05) is 18.2 Å². The first-order valence-corrected chi connectivity index (χ1v) is 4.89. The van der Waals surface area contributed by atoms with Gasteiger partial charge in [0.15, 0.2) is 0 Å². The highest BCUT2D eigenvalue weighted by molar-refractivity contribution is 5.58. The number of para-hydroxylation sites is 1. The summed E-state index contributed by atoms with van der Waals surface area (Å²) in [6, 6.07) is 7.80. The average Bonchev–Trinajstić information content (AvgIpc) is 2.31. The number of hydrogen-bond acceptors (Lipinski definition) is 5. The van der Waals surface area contributed by atoms with Gasteiger partial charge in [-0.05, 0) is 12.1 Å². The van der Waals surface area contributed by atoms with Gasteiger partial charge in [0.1, 0.15) is 11.6 Å². The number of aromatic nitrogens is 2. The lowest BCUT2D eigenvalue weighted by Gasteiger charge is -2.08. The Labute approximate surface area is 97.5 Å². The van der Waals surface area contributed by atoms with E-state index >= 15 is 0 Å². The first-order chi connectivity index (χ1) is 8.19. The summed E-state index contributed by atoms with van der Waals surface area (Å²) in [7, 11) is 1.47. The van der Waals surface area contributed by atoms with Crippen molar-refractivity contribution in [2.45, 2.75) is 0 Å². The van der Waals surface area contributed by atoms with Crippen LogP contribution in [0.5, 0.6) is 5.88 Å². The number of hydrogen-bond donors (Lipinski definition) is 2. The molecular weight excluding hydrogens is 223 g/mol. The van der Waals surface area contributed by atoms with Gasteiger partial charge in [0.05, 0.1) is 12.8 Å². The Morgan fingerprint density at radius 1 is 1.29 bits per heavy atom. The Bertz CT molecular complexity index is 533. The van der Waals surface area contributed by atoms with Gasteiger partial charge in [0.25, 0.3) is 0 Å². The monoisotopic (exact) mass is 234 g/mol. The molecule has 0 unspecified atom stereocenters. The minimum absolute atomic E-state index is 0.0585. The number of anilines is 3. The van der Waals surface area contributed by atoms with Crippen molar-refractivity contribution >= 4 is 17.5 Å². The highest BCUT2D eigenvalue weighted by Crippen LogP contribution is 2.21. The minimum atomic E-state index is -0.372. The largest absolute Gasteiger partial charge is 0.481 e. The van der Waals surface area contributed by atoms with Gasteiger partial charge in [-0.25, -0.2) is 4.39 Å². The molecule has 2 rings (SSSR count). The second kappa shape index (κ2) is 4.65. The third-order valence-electron chi connectivity index (χ3n) is 2.07. The van der Waals surface area contributed by atoms with E-state index in [0.29, 0.717) is 17.4 Å². The Morgan fingerprint density at radius 2 is 2.06 bits per heavy atom. The number of nitrogens with zero attached hydrogens (tertiary/aromatic N) is 2. The summed E-state index contributed by atoms with van der Waals surface area (Å²) < 4.78 is 18.3. The lowest BCUT2D eigenvalue weighted by Crippen LogP contribution is -2.02. The molecule has 0 aliphatic heterocycles. The molecule has 0 saturated heterocycles. The first-order valence-electron chi connectivity index (χ1n) is 4.89. The van der Waals surface area contributed by atoms with Crippen LogP contribution in [0.3, 0.4) is 0 Å². The summed E-state index contributed by atoms with van der Waals surface area (Å²) in [4.78, 5) is 7.75. The Balaban J connectivity index is 2.30. The first kappa shape index (κ1) is 11.1. The van der Waals surface area contributed by atoms with E-state index in [1.54, 1.807) is 18.2 Å². The third kappa shape index (κ3) is 2.60. The maximum Gasteiger partial charge on any atom is 0.225 e. The average molecular weight is 234 g/mol. The van der Waals surface area contributed by atoms with Crippen LogP contribution in [0.2, 0.25) is 0 Å². The molecular formula is C11H11FN4O. The maximum atomic E-state index is 13.4. The van der Waals surface area contributed by atoms with E-state index in [2.05, 4.69) is 15.3 Å². The van der Waals surface area contributed by atoms with E-state index in [4.69, 9.17) is 10.5 Å². The molecule has 2 aromatic rings. The molecule has 0 saturated carbocycles. The Morgan fingerprint density at radius 3 is 2.76 bits per heavy atom. The predicted octanol–water partition coefficient (Wildman–Crippen LogP) is 1.95. The quantitative estimate of drug-likeness (QED) is 0.849. The normalized spacial score (nSPS) is 10.0. The fraction of sp³-hybridized carbons (Fsp3) is 0.0909. The molecule has 0 radical (unpaired) electrons. The molecule has 88 valence electrons. The van der Waals surface area contributed by atoms with Gasteiger partial charge in [-0.1, -0.05) is 12.1 Å². The number of halogens is 1. The highest BCUT2D eigenvalue weighted by atomic mass is 19.1. The number of nitrogens with one attached hydrogen (secondary N) is 1. The molecule has 0 aliphatic carbocycles. The van der Waals surface area contributed by atoms with E-state index < -0.39 is 0 Å². The predicted molar refractivity (Wildman–Crippen MR) is 62.7 cm³/mol. The molecule has 0 aliphatic rings. The second-order valence-electron chi connectivity index (χ2n) is 3.26. The van der Waals surface area contributed by atoms with Gasteiger partial charge in [0, 0.05) is 6.07 Å². The van der Waals surface area contributed by atoms with Crippen molar-refractivity contribution in [1.29, 1.82) is 0 Å². The van der Waals surface area contributed by atoms with Gasteiger partial charge in [-0.3, -0.25) is 0 Å². The molecule has 0 amide bonds. The number of nitrogen functional groups attached to an aromatic ring is 1. The van der Waals surface area contributed by atoms with Crippen molar-refractivity contribution in [3.05, 3.63) is 36.1 Å².